The summed E-state index contributed by atoms with van der Waals surface area (Å²) in [6.07, 6.45) is 0.240. The Balaban J connectivity index is 1.55. The highest BCUT2D eigenvalue weighted by Gasteiger charge is 2.34. The number of nitrogens with zero attached hydrogens (tertiary/aromatic N) is 1. The lowest BCUT2D eigenvalue weighted by Gasteiger charge is -2.18. The molecule has 2 aromatic rings. The molecule has 0 aromatic heterocycles. The average Bonchev–Trinajstić information content (AvgIpc) is 3.07. The molecule has 1 aliphatic heterocycles. The van der Waals surface area contributed by atoms with Crippen molar-refractivity contribution >= 4 is 11.8 Å². The maximum Gasteiger partial charge on any atom is 0.225 e. The number of likely N-dealkylation sites (tertiary alicyclic amines) is 1. The van der Waals surface area contributed by atoms with Gasteiger partial charge in [0.05, 0.1) is 20.1 Å². The van der Waals surface area contributed by atoms with Crippen LogP contribution >= 0.6 is 0 Å². The minimum Gasteiger partial charge on any atom is -0.497 e. The molecule has 1 fully saturated rings. The summed E-state index contributed by atoms with van der Waals surface area (Å²) in [7, 11) is 3.23. The molecule has 1 N–H and O–H groups in total. The van der Waals surface area contributed by atoms with Crippen molar-refractivity contribution in [1.82, 2.24) is 10.2 Å². The van der Waals surface area contributed by atoms with Gasteiger partial charge in [0, 0.05) is 31.6 Å². The van der Waals surface area contributed by atoms with Crippen molar-refractivity contribution in [2.45, 2.75) is 19.5 Å². The third-order valence-electron chi connectivity index (χ3n) is 4.76. The minimum absolute atomic E-state index is 0.00879. The highest BCUT2D eigenvalue weighted by atomic mass is 16.5. The number of carbonyl (C=O) groups excluding carboxylic acids is 2. The third kappa shape index (κ3) is 4.58. The zero-order valence-electron chi connectivity index (χ0n) is 15.6. The molecule has 1 unspecified atom stereocenters. The normalized spacial score (nSPS) is 16.3. The monoisotopic (exact) mass is 368 g/mol. The Bertz CT molecular complexity index is 804. The van der Waals surface area contributed by atoms with Crippen molar-refractivity contribution < 1.29 is 19.1 Å². The Morgan fingerprint density at radius 1 is 1.11 bits per heavy atom. The van der Waals surface area contributed by atoms with E-state index in [1.54, 1.807) is 19.1 Å². The quantitative estimate of drug-likeness (QED) is 0.815. The molecular weight excluding hydrogens is 344 g/mol. The third-order valence-corrected chi connectivity index (χ3v) is 4.76. The number of para-hydroxylation sites is 1. The van der Waals surface area contributed by atoms with Crippen LogP contribution in [-0.4, -0.2) is 37.5 Å². The number of nitrogens with one attached hydrogen (secondary N) is 1. The molecule has 6 nitrogen and oxygen atoms in total. The van der Waals surface area contributed by atoms with Crippen molar-refractivity contribution in [3.05, 3.63) is 59.7 Å². The lowest BCUT2D eigenvalue weighted by atomic mass is 10.1. The number of amides is 2. The van der Waals surface area contributed by atoms with Gasteiger partial charge in [0.15, 0.2) is 0 Å². The zero-order valence-corrected chi connectivity index (χ0v) is 15.6. The van der Waals surface area contributed by atoms with E-state index in [9.17, 15) is 9.59 Å². The molecule has 1 saturated heterocycles. The number of rotatable bonds is 7. The van der Waals surface area contributed by atoms with Gasteiger partial charge in [0.1, 0.15) is 11.5 Å². The standard InChI is InChI=1S/C21H24N2O4/c1-26-18-9-7-15(8-10-18)12-22-21(25)17-11-20(24)23(14-17)13-16-5-3-4-6-19(16)27-2/h3-10,17H,11-14H2,1-2H3,(H,22,25). The fraction of sp³-hybridized carbons (Fsp3) is 0.333. The fourth-order valence-electron chi connectivity index (χ4n) is 3.22. The van der Waals surface area contributed by atoms with Gasteiger partial charge in [-0.2, -0.15) is 0 Å². The van der Waals surface area contributed by atoms with Crippen LogP contribution in [0.1, 0.15) is 17.5 Å². The van der Waals surface area contributed by atoms with Gasteiger partial charge in [-0.1, -0.05) is 30.3 Å². The summed E-state index contributed by atoms with van der Waals surface area (Å²) in [6.45, 7) is 1.30. The van der Waals surface area contributed by atoms with E-state index in [0.29, 0.717) is 19.6 Å². The predicted molar refractivity (Wildman–Crippen MR) is 101 cm³/mol. The van der Waals surface area contributed by atoms with Crippen molar-refractivity contribution in [2.24, 2.45) is 5.92 Å². The predicted octanol–water partition coefficient (Wildman–Crippen LogP) is 2.37. The van der Waals surface area contributed by atoms with Crippen LogP contribution in [0.3, 0.4) is 0 Å². The van der Waals surface area contributed by atoms with Gasteiger partial charge in [-0.15, -0.1) is 0 Å². The number of methoxy groups -OCH3 is 2. The molecule has 1 atom stereocenters. The van der Waals surface area contributed by atoms with Gasteiger partial charge in [-0.25, -0.2) is 0 Å². The number of hydrogen-bond acceptors (Lipinski definition) is 4. The zero-order chi connectivity index (χ0) is 19.2. The molecule has 6 heteroatoms. The van der Waals surface area contributed by atoms with E-state index in [1.165, 1.54) is 0 Å². The lowest BCUT2D eigenvalue weighted by Crippen LogP contribution is -2.32. The van der Waals surface area contributed by atoms with E-state index in [-0.39, 0.29) is 24.2 Å². The Hall–Kier alpha value is -3.02. The molecule has 3 rings (SSSR count). The van der Waals surface area contributed by atoms with Gasteiger partial charge >= 0.3 is 0 Å². The summed E-state index contributed by atoms with van der Waals surface area (Å²) in [5.41, 5.74) is 1.92. The highest BCUT2D eigenvalue weighted by Crippen LogP contribution is 2.24. The van der Waals surface area contributed by atoms with Crippen LogP contribution in [0.2, 0.25) is 0 Å². The van der Waals surface area contributed by atoms with E-state index >= 15 is 0 Å². The van der Waals surface area contributed by atoms with E-state index in [0.717, 1.165) is 22.6 Å². The maximum absolute atomic E-state index is 12.5. The van der Waals surface area contributed by atoms with Crippen molar-refractivity contribution in [1.29, 1.82) is 0 Å². The van der Waals surface area contributed by atoms with Crippen LogP contribution in [0.15, 0.2) is 48.5 Å². The van der Waals surface area contributed by atoms with Gasteiger partial charge in [-0.3, -0.25) is 9.59 Å². The van der Waals surface area contributed by atoms with Gasteiger partial charge in [-0.05, 0) is 23.8 Å². The number of carbonyl (C=O) groups is 2. The van der Waals surface area contributed by atoms with E-state index in [2.05, 4.69) is 5.32 Å². The lowest BCUT2D eigenvalue weighted by molar-refractivity contribution is -0.129. The molecular formula is C21H24N2O4. The van der Waals surface area contributed by atoms with E-state index in [1.807, 2.05) is 48.5 Å². The van der Waals surface area contributed by atoms with Crippen LogP contribution in [0.25, 0.3) is 0 Å². The molecule has 0 spiro atoms. The molecule has 27 heavy (non-hydrogen) atoms. The van der Waals surface area contributed by atoms with Gasteiger partial charge < -0.3 is 19.7 Å². The largest absolute Gasteiger partial charge is 0.497 e. The first-order valence-electron chi connectivity index (χ1n) is 8.91. The first-order chi connectivity index (χ1) is 13.1. The summed E-state index contributed by atoms with van der Waals surface area (Å²) in [4.78, 5) is 26.5. The van der Waals surface area contributed by atoms with Crippen molar-refractivity contribution in [3.63, 3.8) is 0 Å². The second-order valence-electron chi connectivity index (χ2n) is 6.55. The first-order valence-corrected chi connectivity index (χ1v) is 8.91. The van der Waals surface area contributed by atoms with Crippen molar-refractivity contribution in [3.8, 4) is 11.5 Å². The molecule has 0 radical (unpaired) electrons. The first kappa shape index (κ1) is 18.8. The van der Waals surface area contributed by atoms with E-state index < -0.39 is 0 Å². The molecule has 0 bridgehead atoms. The summed E-state index contributed by atoms with van der Waals surface area (Å²) in [5, 5.41) is 2.92. The van der Waals surface area contributed by atoms with Crippen LogP contribution in [0.5, 0.6) is 11.5 Å². The smallest absolute Gasteiger partial charge is 0.225 e. The summed E-state index contributed by atoms with van der Waals surface area (Å²) >= 11 is 0. The summed E-state index contributed by atoms with van der Waals surface area (Å²) in [5.74, 6) is 1.09. The Morgan fingerprint density at radius 3 is 2.56 bits per heavy atom. The molecule has 1 heterocycles. The maximum atomic E-state index is 12.5. The second-order valence-corrected chi connectivity index (χ2v) is 6.55. The average molecular weight is 368 g/mol. The van der Waals surface area contributed by atoms with Crippen molar-refractivity contribution in [2.75, 3.05) is 20.8 Å². The second kappa shape index (κ2) is 8.58. The van der Waals surface area contributed by atoms with Gasteiger partial charge in [0.2, 0.25) is 11.8 Å². The fourth-order valence-corrected chi connectivity index (χ4v) is 3.22. The molecule has 2 amide bonds. The Labute approximate surface area is 159 Å². The topological polar surface area (TPSA) is 67.9 Å². The number of ether oxygens (including phenoxy) is 2. The molecule has 1 aliphatic rings. The molecule has 0 saturated carbocycles. The summed E-state index contributed by atoms with van der Waals surface area (Å²) < 4.78 is 10.5. The summed E-state index contributed by atoms with van der Waals surface area (Å²) in [6, 6.07) is 15.1. The Kier molecular flexibility index (Phi) is 5.96. The number of benzene rings is 2. The molecule has 142 valence electrons. The van der Waals surface area contributed by atoms with Gasteiger partial charge in [0.25, 0.3) is 0 Å². The molecule has 2 aromatic carbocycles. The minimum atomic E-state index is -0.328. The van der Waals surface area contributed by atoms with Crippen LogP contribution in [-0.2, 0) is 22.7 Å². The van der Waals surface area contributed by atoms with Crippen LogP contribution in [0, 0.1) is 5.92 Å². The van der Waals surface area contributed by atoms with E-state index in [4.69, 9.17) is 9.47 Å². The SMILES string of the molecule is COc1ccc(CNC(=O)C2CC(=O)N(Cc3ccccc3OC)C2)cc1. The Morgan fingerprint density at radius 2 is 1.85 bits per heavy atom. The highest BCUT2D eigenvalue weighted by molar-refractivity contribution is 5.89. The molecule has 0 aliphatic carbocycles. The van der Waals surface area contributed by atoms with Crippen LogP contribution < -0.4 is 14.8 Å². The number of hydrogen-bond donors (Lipinski definition) is 1. The van der Waals surface area contributed by atoms with Crippen LogP contribution in [0.4, 0.5) is 0 Å².